The van der Waals surface area contributed by atoms with Crippen LogP contribution in [0.1, 0.15) is 26.0 Å². The third kappa shape index (κ3) is 4.35. The Morgan fingerprint density at radius 2 is 1.72 bits per heavy atom. The van der Waals surface area contributed by atoms with Gasteiger partial charge in [-0.05, 0) is 54.3 Å². The van der Waals surface area contributed by atoms with Crippen LogP contribution in [-0.4, -0.2) is 20.9 Å². The van der Waals surface area contributed by atoms with E-state index >= 15 is 0 Å². The lowest BCUT2D eigenvalue weighted by Crippen LogP contribution is -2.32. The van der Waals surface area contributed by atoms with Crippen molar-refractivity contribution in [2.75, 3.05) is 6.54 Å². The Kier molecular flexibility index (Phi) is 6.09. The Hall–Kier alpha value is -2.65. The van der Waals surface area contributed by atoms with E-state index < -0.39 is 50.6 Å². The van der Waals surface area contributed by atoms with Gasteiger partial charge < -0.3 is 5.32 Å². The largest absolute Gasteiger partial charge is 0.350 e. The maximum atomic E-state index is 13.8. The minimum Gasteiger partial charge on any atom is -0.350 e. The number of carbonyl (C=O) groups is 1. The number of hydrogen-bond donors (Lipinski definition) is 1. The van der Waals surface area contributed by atoms with E-state index in [1.807, 2.05) is 0 Å². The number of thiophene rings is 1. The quantitative estimate of drug-likeness (QED) is 0.579. The molecule has 3 aromatic rings. The van der Waals surface area contributed by atoms with Gasteiger partial charge in [-0.2, -0.15) is 0 Å². The Morgan fingerprint density at radius 1 is 1.03 bits per heavy atom. The molecule has 0 radical (unpaired) electrons. The summed E-state index contributed by atoms with van der Waals surface area (Å²) in [6, 6.07) is 9.65. The maximum absolute atomic E-state index is 13.8. The molecule has 1 aromatic heterocycles. The van der Waals surface area contributed by atoms with Gasteiger partial charge in [0, 0.05) is 11.4 Å². The van der Waals surface area contributed by atoms with Crippen molar-refractivity contribution in [3.05, 3.63) is 87.4 Å². The summed E-state index contributed by atoms with van der Waals surface area (Å²) in [5, 5.41) is 2.78. The molecule has 1 atom stereocenters. The maximum Gasteiger partial charge on any atom is 0.257 e. The van der Waals surface area contributed by atoms with E-state index in [9.17, 15) is 26.4 Å². The number of aryl methyl sites for hydroxylation is 1. The van der Waals surface area contributed by atoms with Gasteiger partial charge in [0.1, 0.15) is 28.3 Å². The summed E-state index contributed by atoms with van der Waals surface area (Å²) in [6.07, 6.45) is 0. The van der Waals surface area contributed by atoms with Gasteiger partial charge in [0.25, 0.3) is 5.91 Å². The van der Waals surface area contributed by atoms with Crippen LogP contribution in [-0.2, 0) is 9.84 Å². The number of halogens is 3. The molecule has 2 aromatic carbocycles. The second kappa shape index (κ2) is 8.38. The molecule has 1 heterocycles. The molecule has 4 nitrogen and oxygen atoms in total. The number of sulfone groups is 1. The van der Waals surface area contributed by atoms with Crippen molar-refractivity contribution in [1.29, 1.82) is 0 Å². The van der Waals surface area contributed by atoms with Gasteiger partial charge in [0.15, 0.2) is 9.84 Å². The van der Waals surface area contributed by atoms with Crippen molar-refractivity contribution in [2.24, 2.45) is 0 Å². The van der Waals surface area contributed by atoms with Crippen LogP contribution in [0, 0.1) is 24.4 Å². The fraction of sp³-hybridized carbons (Fsp3) is 0.150. The first-order valence-corrected chi connectivity index (χ1v) is 10.9. The average molecular weight is 439 g/mol. The highest BCUT2D eigenvalue weighted by atomic mass is 32.2. The van der Waals surface area contributed by atoms with E-state index in [1.54, 1.807) is 17.5 Å². The van der Waals surface area contributed by atoms with E-state index in [4.69, 9.17) is 0 Å². The zero-order valence-corrected chi connectivity index (χ0v) is 16.8. The number of benzene rings is 2. The number of hydrogen-bond acceptors (Lipinski definition) is 4. The van der Waals surface area contributed by atoms with Gasteiger partial charge in [-0.15, -0.1) is 11.3 Å². The SMILES string of the molecule is Cc1cc(S(=O)(=O)C(CNC(=O)c2c(F)cccc2F)c2cccs2)ccc1F. The molecule has 9 heteroatoms. The normalized spacial score (nSPS) is 12.6. The molecule has 152 valence electrons. The first kappa shape index (κ1) is 21.1. The molecule has 0 aliphatic carbocycles. The van der Waals surface area contributed by atoms with Gasteiger partial charge in [0.05, 0.1) is 4.90 Å². The summed E-state index contributed by atoms with van der Waals surface area (Å²) in [6.45, 7) is 1.03. The van der Waals surface area contributed by atoms with E-state index in [-0.39, 0.29) is 10.5 Å². The molecular formula is C20H16F3NO3S2. The van der Waals surface area contributed by atoms with Gasteiger partial charge in [0.2, 0.25) is 0 Å². The van der Waals surface area contributed by atoms with Crippen LogP contribution >= 0.6 is 11.3 Å². The molecule has 1 N–H and O–H groups in total. The van der Waals surface area contributed by atoms with Crippen LogP contribution in [0.15, 0.2) is 58.8 Å². The van der Waals surface area contributed by atoms with Crippen LogP contribution in [0.5, 0.6) is 0 Å². The molecule has 0 bridgehead atoms. The van der Waals surface area contributed by atoms with E-state index in [0.717, 1.165) is 41.7 Å². The predicted octanol–water partition coefficient (Wildman–Crippen LogP) is 4.42. The van der Waals surface area contributed by atoms with Crippen molar-refractivity contribution < 1.29 is 26.4 Å². The molecule has 0 aliphatic heterocycles. The second-order valence-corrected chi connectivity index (χ2v) is 9.38. The third-order valence-electron chi connectivity index (χ3n) is 4.33. The molecule has 1 unspecified atom stereocenters. The molecule has 0 spiro atoms. The van der Waals surface area contributed by atoms with Crippen molar-refractivity contribution in [1.82, 2.24) is 5.32 Å². The Morgan fingerprint density at radius 3 is 2.31 bits per heavy atom. The summed E-state index contributed by atoms with van der Waals surface area (Å²) in [5.74, 6) is -3.70. The van der Waals surface area contributed by atoms with Gasteiger partial charge in [-0.3, -0.25) is 4.79 Å². The number of amides is 1. The van der Waals surface area contributed by atoms with Crippen LogP contribution < -0.4 is 5.32 Å². The molecule has 29 heavy (non-hydrogen) atoms. The predicted molar refractivity (Wildman–Crippen MR) is 104 cm³/mol. The third-order valence-corrected chi connectivity index (χ3v) is 7.55. The summed E-state index contributed by atoms with van der Waals surface area (Å²) >= 11 is 1.16. The van der Waals surface area contributed by atoms with Crippen LogP contribution in [0.2, 0.25) is 0 Å². The lowest BCUT2D eigenvalue weighted by Gasteiger charge is -2.18. The Balaban J connectivity index is 1.93. The molecule has 0 saturated heterocycles. The number of rotatable bonds is 6. The van der Waals surface area contributed by atoms with Crippen LogP contribution in [0.25, 0.3) is 0 Å². The fourth-order valence-electron chi connectivity index (χ4n) is 2.78. The highest BCUT2D eigenvalue weighted by Crippen LogP contribution is 2.32. The molecule has 3 rings (SSSR count). The number of nitrogens with one attached hydrogen (secondary N) is 1. The monoisotopic (exact) mass is 439 g/mol. The lowest BCUT2D eigenvalue weighted by molar-refractivity contribution is 0.0945. The molecule has 0 fully saturated rings. The fourth-order valence-corrected chi connectivity index (χ4v) is 5.65. The topological polar surface area (TPSA) is 63.2 Å². The van der Waals surface area contributed by atoms with Crippen molar-refractivity contribution in [3.8, 4) is 0 Å². The van der Waals surface area contributed by atoms with Crippen LogP contribution in [0.4, 0.5) is 13.2 Å². The molecular weight excluding hydrogens is 423 g/mol. The summed E-state index contributed by atoms with van der Waals surface area (Å²) in [4.78, 5) is 12.6. The minimum absolute atomic E-state index is 0.110. The smallest absolute Gasteiger partial charge is 0.257 e. The zero-order valence-electron chi connectivity index (χ0n) is 15.2. The highest BCUT2D eigenvalue weighted by Gasteiger charge is 2.31. The van der Waals surface area contributed by atoms with Crippen molar-refractivity contribution in [2.45, 2.75) is 17.1 Å². The average Bonchev–Trinajstić information content (AvgIpc) is 3.18. The summed E-state index contributed by atoms with van der Waals surface area (Å²) < 4.78 is 67.5. The van der Waals surface area contributed by atoms with Gasteiger partial charge >= 0.3 is 0 Å². The van der Waals surface area contributed by atoms with Crippen molar-refractivity contribution >= 4 is 27.1 Å². The molecule has 0 saturated carbocycles. The van der Waals surface area contributed by atoms with Gasteiger partial charge in [-0.25, -0.2) is 21.6 Å². The molecule has 1 amide bonds. The zero-order chi connectivity index (χ0) is 21.2. The second-order valence-electron chi connectivity index (χ2n) is 6.27. The van der Waals surface area contributed by atoms with E-state index in [0.29, 0.717) is 4.88 Å². The first-order valence-electron chi connectivity index (χ1n) is 8.47. The Labute approximate surface area is 169 Å². The van der Waals surface area contributed by atoms with E-state index in [1.165, 1.54) is 13.0 Å². The Bertz CT molecular complexity index is 1130. The van der Waals surface area contributed by atoms with E-state index in [2.05, 4.69) is 5.32 Å². The van der Waals surface area contributed by atoms with Crippen LogP contribution in [0.3, 0.4) is 0 Å². The minimum atomic E-state index is -4.02. The lowest BCUT2D eigenvalue weighted by atomic mass is 10.2. The number of carbonyl (C=O) groups excluding carboxylic acids is 1. The highest BCUT2D eigenvalue weighted by molar-refractivity contribution is 7.91. The summed E-state index contributed by atoms with van der Waals surface area (Å²) in [5.41, 5.74) is -0.624. The van der Waals surface area contributed by atoms with Crippen molar-refractivity contribution in [3.63, 3.8) is 0 Å². The standard InChI is InChI=1S/C20H16F3NO3S2/c1-12-10-13(7-8-14(12)21)29(26,27)18(17-6-3-9-28-17)11-24-20(25)19-15(22)4-2-5-16(19)23/h2-10,18H,11H2,1H3,(H,24,25). The summed E-state index contributed by atoms with van der Waals surface area (Å²) in [7, 11) is -4.02. The molecule has 0 aliphatic rings. The van der Waals surface area contributed by atoms with Gasteiger partial charge in [-0.1, -0.05) is 12.1 Å². The first-order chi connectivity index (χ1) is 13.7.